The van der Waals surface area contributed by atoms with Gasteiger partial charge < -0.3 is 19.4 Å². The summed E-state index contributed by atoms with van der Waals surface area (Å²) in [5.41, 5.74) is 2.64. The Bertz CT molecular complexity index is 997. The second-order valence-corrected chi connectivity index (χ2v) is 6.61. The Labute approximate surface area is 161 Å². The van der Waals surface area contributed by atoms with Gasteiger partial charge in [0.2, 0.25) is 5.91 Å². The molecule has 0 atom stereocenters. The van der Waals surface area contributed by atoms with E-state index >= 15 is 0 Å². The van der Waals surface area contributed by atoms with Crippen LogP contribution in [0.3, 0.4) is 0 Å². The molecule has 1 aromatic heterocycles. The zero-order valence-corrected chi connectivity index (χ0v) is 16.3. The van der Waals surface area contributed by atoms with Gasteiger partial charge in [0.05, 0.1) is 24.4 Å². The molecule has 138 valence electrons. The van der Waals surface area contributed by atoms with E-state index in [9.17, 15) is 4.79 Å². The van der Waals surface area contributed by atoms with E-state index in [2.05, 4.69) is 5.32 Å². The predicted molar refractivity (Wildman–Crippen MR) is 106 cm³/mol. The van der Waals surface area contributed by atoms with Crippen LogP contribution >= 0.6 is 23.7 Å². The first-order valence-corrected chi connectivity index (χ1v) is 8.50. The number of nitrogens with one attached hydrogen (secondary N) is 2. The smallest absolute Gasteiger partial charge is 0.244 e. The Balaban J connectivity index is 0.00000243. The van der Waals surface area contributed by atoms with Gasteiger partial charge >= 0.3 is 0 Å². The molecule has 8 heteroatoms. The van der Waals surface area contributed by atoms with Crippen molar-refractivity contribution in [1.29, 1.82) is 5.41 Å². The molecule has 1 amide bonds. The monoisotopic (exact) mass is 393 g/mol. The van der Waals surface area contributed by atoms with Gasteiger partial charge in [0.1, 0.15) is 6.54 Å². The Morgan fingerprint density at radius 2 is 1.88 bits per heavy atom. The van der Waals surface area contributed by atoms with Crippen LogP contribution in [0.15, 0.2) is 36.4 Å². The molecule has 2 aromatic carbocycles. The van der Waals surface area contributed by atoms with E-state index < -0.39 is 0 Å². The van der Waals surface area contributed by atoms with Gasteiger partial charge in [-0.15, -0.1) is 12.4 Å². The lowest BCUT2D eigenvalue weighted by molar-refractivity contribution is -0.116. The molecule has 0 radical (unpaired) electrons. The van der Waals surface area contributed by atoms with Crippen molar-refractivity contribution < 1.29 is 14.3 Å². The summed E-state index contributed by atoms with van der Waals surface area (Å²) in [5, 5.41) is 11.0. The molecular weight excluding hydrogens is 374 g/mol. The molecular formula is C18H20ClN3O3S. The van der Waals surface area contributed by atoms with Gasteiger partial charge in [0, 0.05) is 11.8 Å². The van der Waals surface area contributed by atoms with Crippen molar-refractivity contribution in [1.82, 2.24) is 4.57 Å². The van der Waals surface area contributed by atoms with Gasteiger partial charge in [-0.25, -0.2) is 0 Å². The molecule has 3 aromatic rings. The first-order valence-electron chi connectivity index (χ1n) is 7.68. The van der Waals surface area contributed by atoms with Crippen molar-refractivity contribution in [3.63, 3.8) is 0 Å². The molecule has 0 unspecified atom stereocenters. The summed E-state index contributed by atoms with van der Waals surface area (Å²) in [4.78, 5) is 12.8. The number of thiazole rings is 1. The van der Waals surface area contributed by atoms with Crippen molar-refractivity contribution in [3.05, 3.63) is 46.8 Å². The maximum absolute atomic E-state index is 12.4. The van der Waals surface area contributed by atoms with E-state index in [0.717, 1.165) is 15.8 Å². The lowest BCUT2D eigenvalue weighted by atomic mass is 10.2. The molecule has 1 heterocycles. The summed E-state index contributed by atoms with van der Waals surface area (Å²) < 4.78 is 13.1. The van der Waals surface area contributed by atoms with Crippen LogP contribution in [0.5, 0.6) is 11.5 Å². The third-order valence-corrected chi connectivity index (χ3v) is 4.79. The van der Waals surface area contributed by atoms with E-state index in [1.54, 1.807) is 37.0 Å². The van der Waals surface area contributed by atoms with E-state index in [4.69, 9.17) is 14.9 Å². The molecule has 0 bridgehead atoms. The molecule has 0 fully saturated rings. The quantitative estimate of drug-likeness (QED) is 0.695. The van der Waals surface area contributed by atoms with E-state index in [0.29, 0.717) is 22.0 Å². The fraction of sp³-hybridized carbons (Fsp3) is 0.222. The molecule has 0 saturated heterocycles. The zero-order valence-electron chi connectivity index (χ0n) is 14.7. The van der Waals surface area contributed by atoms with Gasteiger partial charge in [0.25, 0.3) is 0 Å². The van der Waals surface area contributed by atoms with Crippen LogP contribution in [0, 0.1) is 12.3 Å². The Hall–Kier alpha value is -2.51. The van der Waals surface area contributed by atoms with Crippen molar-refractivity contribution in [2.45, 2.75) is 13.5 Å². The SMILES string of the molecule is COc1ccc(NC(=O)Cn2c(=N)sc3cc(C)ccc32)cc1OC.Cl. The third-order valence-electron chi connectivity index (χ3n) is 3.83. The van der Waals surface area contributed by atoms with Gasteiger partial charge in [0.15, 0.2) is 16.3 Å². The first-order chi connectivity index (χ1) is 12.0. The minimum absolute atomic E-state index is 0. The fourth-order valence-corrected chi connectivity index (χ4v) is 3.62. The summed E-state index contributed by atoms with van der Waals surface area (Å²) in [6.07, 6.45) is 0. The normalized spacial score (nSPS) is 10.3. The maximum atomic E-state index is 12.4. The number of carbonyl (C=O) groups excluding carboxylic acids is 1. The van der Waals surface area contributed by atoms with Crippen LogP contribution in [0.4, 0.5) is 5.69 Å². The first kappa shape index (κ1) is 19.8. The van der Waals surface area contributed by atoms with Gasteiger partial charge in [-0.3, -0.25) is 10.2 Å². The highest BCUT2D eigenvalue weighted by Gasteiger charge is 2.11. The summed E-state index contributed by atoms with van der Waals surface area (Å²) >= 11 is 1.37. The molecule has 0 aliphatic carbocycles. The van der Waals surface area contributed by atoms with Crippen LogP contribution in [-0.2, 0) is 11.3 Å². The summed E-state index contributed by atoms with van der Waals surface area (Å²) in [6.45, 7) is 2.09. The number of nitrogens with zero attached hydrogens (tertiary/aromatic N) is 1. The van der Waals surface area contributed by atoms with Crippen LogP contribution in [0.25, 0.3) is 10.2 Å². The molecule has 3 rings (SSSR count). The van der Waals surface area contributed by atoms with E-state index in [1.165, 1.54) is 11.3 Å². The minimum atomic E-state index is -0.203. The highest BCUT2D eigenvalue weighted by molar-refractivity contribution is 7.16. The molecule has 6 nitrogen and oxygen atoms in total. The predicted octanol–water partition coefficient (Wildman–Crippen LogP) is 3.57. The molecule has 0 saturated carbocycles. The third kappa shape index (κ3) is 4.00. The number of rotatable bonds is 5. The number of anilines is 1. The number of benzene rings is 2. The molecule has 26 heavy (non-hydrogen) atoms. The molecule has 0 aliphatic heterocycles. The highest BCUT2D eigenvalue weighted by atomic mass is 35.5. The average molecular weight is 394 g/mol. The molecule has 0 spiro atoms. The Morgan fingerprint density at radius 1 is 1.15 bits per heavy atom. The molecule has 2 N–H and O–H groups in total. The van der Waals surface area contributed by atoms with Gasteiger partial charge in [-0.1, -0.05) is 17.4 Å². The number of aromatic nitrogens is 1. The topological polar surface area (TPSA) is 76.3 Å². The Morgan fingerprint density at radius 3 is 2.58 bits per heavy atom. The van der Waals surface area contributed by atoms with Gasteiger partial charge in [-0.2, -0.15) is 0 Å². The van der Waals surface area contributed by atoms with Gasteiger partial charge in [-0.05, 0) is 36.8 Å². The molecule has 0 aliphatic rings. The van der Waals surface area contributed by atoms with E-state index in [-0.39, 0.29) is 24.9 Å². The average Bonchev–Trinajstić information content (AvgIpc) is 2.89. The lowest BCUT2D eigenvalue weighted by Gasteiger charge is -2.11. The zero-order chi connectivity index (χ0) is 18.0. The number of amides is 1. The summed E-state index contributed by atoms with van der Waals surface area (Å²) in [6, 6.07) is 11.2. The van der Waals surface area contributed by atoms with Crippen LogP contribution in [-0.4, -0.2) is 24.7 Å². The standard InChI is InChI=1S/C18H19N3O3S.ClH/c1-11-4-6-13-16(8-11)25-18(19)21(13)10-17(22)20-12-5-7-14(23-2)15(9-12)24-3;/h4-9,19H,10H2,1-3H3,(H,20,22);1H. The number of halogens is 1. The minimum Gasteiger partial charge on any atom is -0.493 e. The summed E-state index contributed by atoms with van der Waals surface area (Å²) in [7, 11) is 3.11. The number of methoxy groups -OCH3 is 2. The van der Waals surface area contributed by atoms with Crippen molar-refractivity contribution in [2.75, 3.05) is 19.5 Å². The number of hydrogen-bond acceptors (Lipinski definition) is 5. The fourth-order valence-electron chi connectivity index (χ4n) is 2.61. The van der Waals surface area contributed by atoms with Crippen LogP contribution in [0.1, 0.15) is 5.56 Å². The number of aryl methyl sites for hydroxylation is 1. The summed E-state index contributed by atoms with van der Waals surface area (Å²) in [5.74, 6) is 0.944. The highest BCUT2D eigenvalue weighted by Crippen LogP contribution is 2.29. The van der Waals surface area contributed by atoms with Crippen molar-refractivity contribution >= 4 is 45.6 Å². The second kappa shape index (κ2) is 8.25. The lowest BCUT2D eigenvalue weighted by Crippen LogP contribution is -2.24. The van der Waals surface area contributed by atoms with E-state index in [1.807, 2.05) is 25.1 Å². The number of fused-ring (bicyclic) bond motifs is 1. The van der Waals surface area contributed by atoms with Crippen LogP contribution in [0.2, 0.25) is 0 Å². The maximum Gasteiger partial charge on any atom is 0.244 e. The largest absolute Gasteiger partial charge is 0.493 e. The number of hydrogen-bond donors (Lipinski definition) is 2. The van der Waals surface area contributed by atoms with Crippen LogP contribution < -0.4 is 19.6 Å². The second-order valence-electron chi connectivity index (χ2n) is 5.58. The van der Waals surface area contributed by atoms with Crippen molar-refractivity contribution in [2.24, 2.45) is 0 Å². The number of carbonyl (C=O) groups is 1. The number of ether oxygens (including phenoxy) is 2. The van der Waals surface area contributed by atoms with Crippen molar-refractivity contribution in [3.8, 4) is 11.5 Å². The Kier molecular flexibility index (Phi) is 6.28.